The van der Waals surface area contributed by atoms with Crippen LogP contribution in [0.25, 0.3) is 64.3 Å². The van der Waals surface area contributed by atoms with Crippen LogP contribution in [0.1, 0.15) is 22.3 Å². The molecule has 12 rings (SSSR count). The highest BCUT2D eigenvalue weighted by Crippen LogP contribution is 2.60. The van der Waals surface area contributed by atoms with Gasteiger partial charge in [0.1, 0.15) is 0 Å². The monoisotopic (exact) mass is 793 g/mol. The first kappa shape index (κ1) is 35.4. The molecule has 0 amide bonds. The molecule has 1 nitrogen and oxygen atoms in total. The van der Waals surface area contributed by atoms with Crippen molar-refractivity contribution in [2.24, 2.45) is 0 Å². The van der Waals surface area contributed by atoms with E-state index in [1.807, 2.05) is 11.3 Å². The Labute approximate surface area is 360 Å². The molecule has 0 radical (unpaired) electrons. The van der Waals surface area contributed by atoms with Crippen LogP contribution in [0.4, 0.5) is 17.1 Å². The number of nitrogens with zero attached hydrogens (tertiary/aromatic N) is 1. The fourth-order valence-corrected chi connectivity index (χ4v) is 11.2. The van der Waals surface area contributed by atoms with E-state index in [0.717, 1.165) is 11.4 Å². The number of rotatable bonds is 7. The zero-order valence-corrected chi connectivity index (χ0v) is 34.2. The highest BCUT2D eigenvalue weighted by atomic mass is 32.1. The molecule has 0 aliphatic heterocycles. The predicted molar refractivity (Wildman–Crippen MR) is 260 cm³/mol. The van der Waals surface area contributed by atoms with Crippen LogP contribution in [0.2, 0.25) is 0 Å². The molecule has 61 heavy (non-hydrogen) atoms. The minimum Gasteiger partial charge on any atom is -0.308 e. The van der Waals surface area contributed by atoms with Crippen molar-refractivity contribution in [2.45, 2.75) is 5.41 Å². The average Bonchev–Trinajstić information content (AvgIpc) is 3.87. The van der Waals surface area contributed by atoms with Gasteiger partial charge in [-0.3, -0.25) is 0 Å². The molecule has 0 spiro atoms. The van der Waals surface area contributed by atoms with Crippen LogP contribution in [-0.4, -0.2) is 0 Å². The number of hydrogen-bond donors (Lipinski definition) is 0. The third kappa shape index (κ3) is 5.60. The van der Waals surface area contributed by atoms with Gasteiger partial charge in [-0.15, -0.1) is 11.3 Å². The molecule has 0 atom stereocenters. The molecule has 1 aliphatic carbocycles. The summed E-state index contributed by atoms with van der Waals surface area (Å²) in [5.74, 6) is 0. The summed E-state index contributed by atoms with van der Waals surface area (Å²) in [5, 5.41) is 5.09. The number of fused-ring (bicyclic) bond motifs is 7. The maximum absolute atomic E-state index is 2.52. The fourth-order valence-electron chi connectivity index (χ4n) is 10.0. The van der Waals surface area contributed by atoms with Crippen molar-refractivity contribution in [1.82, 2.24) is 0 Å². The molecule has 286 valence electrons. The molecule has 1 heterocycles. The van der Waals surface area contributed by atoms with E-state index in [-0.39, 0.29) is 0 Å². The quantitative estimate of drug-likeness (QED) is 0.155. The summed E-state index contributed by atoms with van der Waals surface area (Å²) in [6.45, 7) is 0. The van der Waals surface area contributed by atoms with Crippen molar-refractivity contribution in [2.75, 3.05) is 4.90 Å². The molecule has 0 fully saturated rings. The molecule has 1 aliphatic rings. The number of hydrogen-bond acceptors (Lipinski definition) is 2. The highest BCUT2D eigenvalue weighted by molar-refractivity contribution is 7.26. The summed E-state index contributed by atoms with van der Waals surface area (Å²) < 4.78 is 2.57. The smallest absolute Gasteiger partial charge is 0.0714 e. The predicted octanol–water partition coefficient (Wildman–Crippen LogP) is 16.4. The molecule has 0 bridgehead atoms. The van der Waals surface area contributed by atoms with Crippen molar-refractivity contribution in [3.63, 3.8) is 0 Å². The second-order valence-electron chi connectivity index (χ2n) is 16.0. The van der Waals surface area contributed by atoms with Gasteiger partial charge in [0.05, 0.1) is 21.5 Å². The lowest BCUT2D eigenvalue weighted by atomic mass is 9.68. The molecular formula is C59H39NS. The SMILES string of the molecule is c1ccc(C2(c3ccccc3)c3ccccc3-c3c(N(c4ccc(-c5ccc(-c6ccc7ccccc7c6)cc5)cc4)c4cccc5c4sc4ccccc45)cccc32)cc1. The largest absolute Gasteiger partial charge is 0.308 e. The maximum atomic E-state index is 2.52. The van der Waals surface area contributed by atoms with E-state index in [1.165, 1.54) is 92.3 Å². The van der Waals surface area contributed by atoms with E-state index in [1.54, 1.807) is 0 Å². The van der Waals surface area contributed by atoms with Gasteiger partial charge in [0.15, 0.2) is 0 Å². The van der Waals surface area contributed by atoms with Crippen LogP contribution < -0.4 is 4.90 Å². The van der Waals surface area contributed by atoms with Gasteiger partial charge in [0.2, 0.25) is 0 Å². The summed E-state index contributed by atoms with van der Waals surface area (Å²) in [7, 11) is 0. The molecule has 0 saturated heterocycles. The Kier molecular flexibility index (Phi) is 8.33. The lowest BCUT2D eigenvalue weighted by Crippen LogP contribution is -2.28. The summed E-state index contributed by atoms with van der Waals surface area (Å²) >= 11 is 1.88. The van der Waals surface area contributed by atoms with E-state index in [4.69, 9.17) is 0 Å². The Morgan fingerprint density at radius 3 is 1.66 bits per heavy atom. The van der Waals surface area contributed by atoms with Gasteiger partial charge < -0.3 is 4.90 Å². The van der Waals surface area contributed by atoms with Gasteiger partial charge in [0.25, 0.3) is 0 Å². The molecular weight excluding hydrogens is 755 g/mol. The van der Waals surface area contributed by atoms with Gasteiger partial charge in [-0.05, 0) is 97.2 Å². The summed E-state index contributed by atoms with van der Waals surface area (Å²) in [4.78, 5) is 2.52. The number of anilines is 3. The first-order chi connectivity index (χ1) is 30.3. The Balaban J connectivity index is 1.05. The summed E-state index contributed by atoms with van der Waals surface area (Å²) in [6, 6.07) is 87.3. The van der Waals surface area contributed by atoms with Crippen molar-refractivity contribution >= 4 is 59.3 Å². The van der Waals surface area contributed by atoms with Gasteiger partial charge in [-0.1, -0.05) is 200 Å². The molecule has 1 aromatic heterocycles. The van der Waals surface area contributed by atoms with E-state index < -0.39 is 5.41 Å². The maximum Gasteiger partial charge on any atom is 0.0714 e. The third-order valence-corrected chi connectivity index (χ3v) is 14.0. The van der Waals surface area contributed by atoms with E-state index in [2.05, 4.69) is 241 Å². The summed E-state index contributed by atoms with van der Waals surface area (Å²) in [5.41, 5.74) is 15.4. The Hall–Kier alpha value is -7.52. The molecule has 0 saturated carbocycles. The Morgan fingerprint density at radius 1 is 0.361 bits per heavy atom. The first-order valence-corrected chi connectivity index (χ1v) is 21.8. The normalized spacial score (nSPS) is 12.7. The van der Waals surface area contributed by atoms with Crippen LogP contribution in [0, 0.1) is 0 Å². The second-order valence-corrected chi connectivity index (χ2v) is 17.1. The minimum atomic E-state index is -0.497. The van der Waals surface area contributed by atoms with Crippen LogP contribution in [0.5, 0.6) is 0 Å². The van der Waals surface area contributed by atoms with Gasteiger partial charge in [-0.25, -0.2) is 0 Å². The number of thiophene rings is 1. The molecule has 10 aromatic carbocycles. The number of benzene rings is 10. The van der Waals surface area contributed by atoms with E-state index in [0.29, 0.717) is 0 Å². The minimum absolute atomic E-state index is 0.497. The van der Waals surface area contributed by atoms with Crippen molar-refractivity contribution in [3.05, 3.63) is 259 Å². The zero-order valence-electron chi connectivity index (χ0n) is 33.4. The summed E-state index contributed by atoms with van der Waals surface area (Å²) in [6.07, 6.45) is 0. The lowest BCUT2D eigenvalue weighted by molar-refractivity contribution is 0.768. The molecule has 11 aromatic rings. The first-order valence-electron chi connectivity index (χ1n) is 21.0. The van der Waals surface area contributed by atoms with Gasteiger partial charge in [0, 0.05) is 26.7 Å². The van der Waals surface area contributed by atoms with Crippen LogP contribution in [0.3, 0.4) is 0 Å². The van der Waals surface area contributed by atoms with Crippen molar-refractivity contribution < 1.29 is 0 Å². The lowest BCUT2D eigenvalue weighted by Gasteiger charge is -2.34. The highest BCUT2D eigenvalue weighted by Gasteiger charge is 2.47. The average molecular weight is 794 g/mol. The standard InChI is InChI=1S/C59H39NS/c1-3-17-46(18-4-1)59(47-19-5-2-6-20-47)52-24-11-9-22-51(52)57-53(59)25-14-26-54(57)60(55-27-13-23-50-49-21-10-12-28-56(49)61-58(50)55)48-37-35-42(36-38-48)41-29-31-43(32-30-41)45-34-33-40-15-7-8-16-44(40)39-45/h1-39H. The van der Waals surface area contributed by atoms with Crippen LogP contribution >= 0.6 is 11.3 Å². The van der Waals surface area contributed by atoms with E-state index >= 15 is 0 Å². The second kappa shape index (κ2) is 14.3. The third-order valence-electron chi connectivity index (χ3n) is 12.8. The van der Waals surface area contributed by atoms with Crippen molar-refractivity contribution in [1.29, 1.82) is 0 Å². The Bertz CT molecular complexity index is 3360. The van der Waals surface area contributed by atoms with Crippen LogP contribution in [0.15, 0.2) is 237 Å². The molecule has 0 N–H and O–H groups in total. The van der Waals surface area contributed by atoms with E-state index in [9.17, 15) is 0 Å². The topological polar surface area (TPSA) is 3.24 Å². The van der Waals surface area contributed by atoms with Gasteiger partial charge >= 0.3 is 0 Å². The van der Waals surface area contributed by atoms with Crippen molar-refractivity contribution in [3.8, 4) is 33.4 Å². The Morgan fingerprint density at radius 2 is 0.902 bits per heavy atom. The zero-order chi connectivity index (χ0) is 40.3. The van der Waals surface area contributed by atoms with Gasteiger partial charge in [-0.2, -0.15) is 0 Å². The van der Waals surface area contributed by atoms with Crippen LogP contribution in [-0.2, 0) is 5.41 Å². The molecule has 2 heteroatoms. The molecule has 0 unspecified atom stereocenters. The fraction of sp³-hybridized carbons (Fsp3) is 0.0169.